The molecular formula is C24H39ClN6O16. The molecule has 16 atom stereocenters. The molecule has 3 saturated heterocycles. The average Bonchev–Trinajstić information content (AvgIpc) is 3.03. The van der Waals surface area contributed by atoms with Gasteiger partial charge in [-0.15, -0.1) is 11.6 Å². The minimum absolute atomic E-state index is 0.0502. The van der Waals surface area contributed by atoms with Gasteiger partial charge in [-0.05, 0) is 24.4 Å². The third-order valence-electron chi connectivity index (χ3n) is 7.88. The van der Waals surface area contributed by atoms with Crippen molar-refractivity contribution in [3.8, 4) is 0 Å². The van der Waals surface area contributed by atoms with Crippen molar-refractivity contribution in [1.29, 1.82) is 0 Å². The van der Waals surface area contributed by atoms with E-state index < -0.39 is 123 Å². The second-order valence-corrected chi connectivity index (χ2v) is 11.5. The molecule has 0 bridgehead atoms. The summed E-state index contributed by atoms with van der Waals surface area (Å²) in [5.74, 6) is -4.39. The molecule has 0 aromatic rings. The summed E-state index contributed by atoms with van der Waals surface area (Å²) >= 11 is 5.61. The van der Waals surface area contributed by atoms with Gasteiger partial charge in [-0.1, -0.05) is 10.2 Å². The summed E-state index contributed by atoms with van der Waals surface area (Å²) in [6.45, 7) is -0.487. The molecule has 0 amide bonds. The molecule has 268 valence electrons. The Labute approximate surface area is 271 Å². The minimum atomic E-state index is -2.79. The van der Waals surface area contributed by atoms with Crippen LogP contribution in [0.2, 0.25) is 0 Å². The van der Waals surface area contributed by atoms with Crippen molar-refractivity contribution in [3.05, 3.63) is 20.9 Å². The quantitative estimate of drug-likeness (QED) is 0.0269. The SMILES string of the molecule is C[C@@H](O)[C@@H](N=[N+]=[N-])C1O[C@@](OCC2O[C@@H](O[C@@H]3C(CO)O[C@@H](OCCCCl)C(O)[C@H]3O)C(O)[C@@H](O)[C@H]2O)(C(=O)O)C[C@@H](O)[C@H]1N=[N+]=[N-]. The van der Waals surface area contributed by atoms with Crippen LogP contribution in [0, 0.1) is 0 Å². The molecular weight excluding hydrogens is 664 g/mol. The van der Waals surface area contributed by atoms with Gasteiger partial charge in [-0.25, -0.2) is 4.79 Å². The largest absolute Gasteiger partial charge is 0.477 e. The third-order valence-corrected chi connectivity index (χ3v) is 8.15. The van der Waals surface area contributed by atoms with Crippen molar-refractivity contribution in [1.82, 2.24) is 0 Å². The highest BCUT2D eigenvalue weighted by Crippen LogP contribution is 2.37. The van der Waals surface area contributed by atoms with E-state index in [-0.39, 0.29) is 12.5 Å². The predicted octanol–water partition coefficient (Wildman–Crippen LogP) is -3.05. The zero-order chi connectivity index (χ0) is 35.1. The van der Waals surface area contributed by atoms with Crippen LogP contribution in [0.3, 0.4) is 0 Å². The van der Waals surface area contributed by atoms with Crippen LogP contribution in [0.5, 0.6) is 0 Å². The lowest BCUT2D eigenvalue weighted by molar-refractivity contribution is -0.366. The molecule has 0 aromatic heterocycles. The standard InChI is InChI=1S/C24H39ClN6O16/c1-8(33)12(28-30-26)20-13(29-31-27)9(34)5-24(47-20,23(40)41)43-7-11-14(35)15(36)17(38)22(45-11)46-19-10(6-32)44-21(18(39)16(19)37)42-4-2-3-25/h8-22,32-39H,2-7H2,1H3,(H,40,41)/t8-,9-,10?,11?,12-,13-,14+,15+,16-,17?,18?,19-,20?,21-,22+,24-/m1/s1. The number of halogens is 1. The first-order chi connectivity index (χ1) is 22.3. The van der Waals surface area contributed by atoms with Gasteiger partial charge in [-0.3, -0.25) is 0 Å². The number of ether oxygens (including phenoxy) is 6. The summed E-state index contributed by atoms with van der Waals surface area (Å²) in [5, 5.41) is 101. The van der Waals surface area contributed by atoms with Crippen molar-refractivity contribution < 1.29 is 79.2 Å². The lowest BCUT2D eigenvalue weighted by Gasteiger charge is -2.47. The van der Waals surface area contributed by atoms with Crippen molar-refractivity contribution in [3.63, 3.8) is 0 Å². The van der Waals surface area contributed by atoms with Gasteiger partial charge in [-0.2, -0.15) is 0 Å². The molecule has 0 aliphatic carbocycles. The van der Waals surface area contributed by atoms with Crippen LogP contribution < -0.4 is 0 Å². The number of azide groups is 2. The van der Waals surface area contributed by atoms with Crippen LogP contribution in [0.4, 0.5) is 0 Å². The molecule has 0 saturated carbocycles. The van der Waals surface area contributed by atoms with Crippen molar-refractivity contribution in [2.75, 3.05) is 25.7 Å². The predicted molar refractivity (Wildman–Crippen MR) is 150 cm³/mol. The number of aliphatic hydroxyl groups excluding tert-OH is 8. The Bertz CT molecular complexity index is 1110. The van der Waals surface area contributed by atoms with Crippen LogP contribution >= 0.6 is 11.6 Å². The molecule has 3 aliphatic heterocycles. The van der Waals surface area contributed by atoms with Crippen LogP contribution in [0.1, 0.15) is 19.8 Å². The normalized spacial score (nSPS) is 42.0. The Morgan fingerprint density at radius 2 is 1.68 bits per heavy atom. The minimum Gasteiger partial charge on any atom is -0.477 e. The van der Waals surface area contributed by atoms with E-state index in [1.54, 1.807) is 0 Å². The Balaban J connectivity index is 1.81. The maximum atomic E-state index is 12.5. The van der Waals surface area contributed by atoms with Gasteiger partial charge in [0.1, 0.15) is 48.8 Å². The maximum absolute atomic E-state index is 12.5. The first-order valence-electron chi connectivity index (χ1n) is 14.4. The number of hydrogen-bond donors (Lipinski definition) is 9. The van der Waals surface area contributed by atoms with E-state index in [2.05, 4.69) is 20.1 Å². The maximum Gasteiger partial charge on any atom is 0.364 e. The van der Waals surface area contributed by atoms with E-state index >= 15 is 0 Å². The van der Waals surface area contributed by atoms with Gasteiger partial charge in [0.05, 0.1) is 50.2 Å². The van der Waals surface area contributed by atoms with Crippen LogP contribution in [-0.4, -0.2) is 175 Å². The Morgan fingerprint density at radius 3 is 2.26 bits per heavy atom. The molecule has 3 heterocycles. The van der Waals surface area contributed by atoms with E-state index in [4.69, 9.17) is 51.1 Å². The van der Waals surface area contributed by atoms with Gasteiger partial charge in [0, 0.05) is 22.1 Å². The highest BCUT2D eigenvalue weighted by molar-refractivity contribution is 6.17. The number of hydrogen-bond acceptors (Lipinski definition) is 17. The van der Waals surface area contributed by atoms with Crippen LogP contribution in [-0.2, 0) is 33.2 Å². The lowest BCUT2D eigenvalue weighted by atomic mass is 9.88. The zero-order valence-corrected chi connectivity index (χ0v) is 25.6. The van der Waals surface area contributed by atoms with Crippen molar-refractivity contribution in [2.24, 2.45) is 10.2 Å². The van der Waals surface area contributed by atoms with Gasteiger partial charge in [0.15, 0.2) is 12.6 Å². The molecule has 3 aliphatic rings. The zero-order valence-electron chi connectivity index (χ0n) is 24.8. The second kappa shape index (κ2) is 17.5. The first-order valence-corrected chi connectivity index (χ1v) is 14.9. The van der Waals surface area contributed by atoms with Crippen molar-refractivity contribution in [2.45, 2.75) is 117 Å². The number of alkyl halides is 1. The average molecular weight is 703 g/mol. The molecule has 0 spiro atoms. The fourth-order valence-electron chi connectivity index (χ4n) is 5.37. The van der Waals surface area contributed by atoms with Gasteiger partial charge in [0.2, 0.25) is 0 Å². The summed E-state index contributed by atoms with van der Waals surface area (Å²) in [6, 6.07) is -3.12. The second-order valence-electron chi connectivity index (χ2n) is 11.1. The van der Waals surface area contributed by atoms with E-state index in [0.29, 0.717) is 6.42 Å². The van der Waals surface area contributed by atoms with Gasteiger partial charge in [0.25, 0.3) is 5.79 Å². The van der Waals surface area contributed by atoms with E-state index in [1.807, 2.05) is 0 Å². The van der Waals surface area contributed by atoms with Gasteiger partial charge < -0.3 is 74.4 Å². The molecule has 3 rings (SSSR count). The number of rotatable bonds is 15. The number of carboxylic acid groups (broad SMARTS) is 1. The van der Waals surface area contributed by atoms with Gasteiger partial charge >= 0.3 is 5.97 Å². The van der Waals surface area contributed by atoms with Crippen LogP contribution in [0.15, 0.2) is 10.2 Å². The fourth-order valence-corrected chi connectivity index (χ4v) is 5.48. The lowest BCUT2D eigenvalue weighted by Crippen LogP contribution is -2.66. The van der Waals surface area contributed by atoms with E-state index in [1.165, 1.54) is 6.92 Å². The number of nitrogens with zero attached hydrogens (tertiary/aromatic N) is 6. The summed E-state index contributed by atoms with van der Waals surface area (Å²) in [6.07, 6.45) is -22.9. The summed E-state index contributed by atoms with van der Waals surface area (Å²) in [4.78, 5) is 17.6. The Kier molecular flexibility index (Phi) is 14.6. The van der Waals surface area contributed by atoms with E-state index in [9.17, 15) is 50.8 Å². The van der Waals surface area contributed by atoms with Crippen molar-refractivity contribution >= 4 is 17.6 Å². The summed E-state index contributed by atoms with van der Waals surface area (Å²) < 4.78 is 33.1. The molecule has 9 N–H and O–H groups in total. The van der Waals surface area contributed by atoms with Crippen LogP contribution in [0.25, 0.3) is 20.9 Å². The molecule has 5 unspecified atom stereocenters. The fraction of sp³-hybridized carbons (Fsp3) is 0.958. The molecule has 22 nitrogen and oxygen atoms in total. The molecule has 0 radical (unpaired) electrons. The third kappa shape index (κ3) is 8.90. The smallest absolute Gasteiger partial charge is 0.364 e. The summed E-state index contributed by atoms with van der Waals surface area (Å²) in [7, 11) is 0. The van der Waals surface area contributed by atoms with E-state index in [0.717, 1.165) is 0 Å². The number of carboxylic acids is 1. The first kappa shape index (κ1) is 39.3. The number of aliphatic carboxylic acids is 1. The highest BCUT2D eigenvalue weighted by Gasteiger charge is 2.57. The molecule has 23 heteroatoms. The highest BCUT2D eigenvalue weighted by atomic mass is 35.5. The number of carbonyl (C=O) groups is 1. The molecule has 0 aromatic carbocycles. The number of aliphatic hydroxyl groups is 8. The monoisotopic (exact) mass is 702 g/mol. The summed E-state index contributed by atoms with van der Waals surface area (Å²) in [5.41, 5.74) is 17.9. The Morgan fingerprint density at radius 1 is 1.02 bits per heavy atom. The topological polar surface area (TPSA) is 352 Å². The Hall–Kier alpha value is -2.18. The molecule has 47 heavy (non-hydrogen) atoms. The molecule has 3 fully saturated rings.